The highest BCUT2D eigenvalue weighted by Gasteiger charge is 2.07. The van der Waals surface area contributed by atoms with Crippen LogP contribution >= 0.6 is 24.0 Å². The van der Waals surface area contributed by atoms with Crippen molar-refractivity contribution in [2.75, 3.05) is 27.4 Å². The number of nitrogens with one attached hydrogen (secondary N) is 1. The van der Waals surface area contributed by atoms with Crippen molar-refractivity contribution < 1.29 is 14.2 Å². The minimum absolute atomic E-state index is 0. The second-order valence-electron chi connectivity index (χ2n) is 5.39. The van der Waals surface area contributed by atoms with E-state index >= 15 is 0 Å². The van der Waals surface area contributed by atoms with E-state index in [1.807, 2.05) is 42.5 Å². The quantitative estimate of drug-likeness (QED) is 0.612. The molecule has 2 rings (SSSR count). The highest BCUT2D eigenvalue weighted by atomic mass is 35.5. The first-order chi connectivity index (χ1) is 11.7. The SMILES string of the molecule is COCCCNCc1ccc(OCc2ccccc2Cl)c(OC)c1.Cl. The van der Waals surface area contributed by atoms with Gasteiger partial charge >= 0.3 is 0 Å². The number of rotatable bonds is 10. The van der Waals surface area contributed by atoms with E-state index in [-0.39, 0.29) is 12.4 Å². The molecule has 2 aromatic carbocycles. The van der Waals surface area contributed by atoms with Gasteiger partial charge in [-0.1, -0.05) is 35.9 Å². The average molecular weight is 386 g/mol. The van der Waals surface area contributed by atoms with Crippen LogP contribution in [0.15, 0.2) is 42.5 Å². The van der Waals surface area contributed by atoms with Gasteiger partial charge in [0.1, 0.15) is 6.61 Å². The van der Waals surface area contributed by atoms with Gasteiger partial charge in [-0.2, -0.15) is 0 Å². The molecule has 0 aromatic heterocycles. The molecule has 25 heavy (non-hydrogen) atoms. The summed E-state index contributed by atoms with van der Waals surface area (Å²) in [7, 11) is 3.36. The van der Waals surface area contributed by atoms with Crippen LogP contribution in [0, 0.1) is 0 Å². The predicted octanol–water partition coefficient (Wildman–Crippen LogP) is 4.48. The minimum atomic E-state index is 0. The first-order valence-electron chi connectivity index (χ1n) is 7.97. The van der Waals surface area contributed by atoms with Gasteiger partial charge in [-0.15, -0.1) is 12.4 Å². The fourth-order valence-corrected chi connectivity index (χ4v) is 2.48. The molecule has 2 aromatic rings. The maximum atomic E-state index is 6.15. The lowest BCUT2D eigenvalue weighted by Gasteiger charge is -2.13. The number of benzene rings is 2. The largest absolute Gasteiger partial charge is 0.493 e. The van der Waals surface area contributed by atoms with Crippen molar-refractivity contribution in [2.24, 2.45) is 0 Å². The number of hydrogen-bond donors (Lipinski definition) is 1. The second-order valence-corrected chi connectivity index (χ2v) is 5.80. The van der Waals surface area contributed by atoms with Crippen molar-refractivity contribution in [3.05, 3.63) is 58.6 Å². The zero-order chi connectivity index (χ0) is 17.2. The Bertz CT molecular complexity index is 638. The lowest BCUT2D eigenvalue weighted by Crippen LogP contribution is -2.16. The molecule has 138 valence electrons. The summed E-state index contributed by atoms with van der Waals surface area (Å²) >= 11 is 6.15. The molecular formula is C19H25Cl2NO3. The molecule has 0 spiro atoms. The van der Waals surface area contributed by atoms with Gasteiger partial charge < -0.3 is 19.5 Å². The predicted molar refractivity (Wildman–Crippen MR) is 104 cm³/mol. The molecule has 0 atom stereocenters. The van der Waals surface area contributed by atoms with Crippen LogP contribution in [0.5, 0.6) is 11.5 Å². The van der Waals surface area contributed by atoms with E-state index in [0.717, 1.165) is 43.0 Å². The highest BCUT2D eigenvalue weighted by Crippen LogP contribution is 2.29. The van der Waals surface area contributed by atoms with E-state index in [0.29, 0.717) is 17.4 Å². The zero-order valence-electron chi connectivity index (χ0n) is 14.6. The molecule has 0 aliphatic carbocycles. The first kappa shape index (κ1) is 21.6. The number of hydrogen-bond acceptors (Lipinski definition) is 4. The van der Waals surface area contributed by atoms with E-state index in [2.05, 4.69) is 5.32 Å². The molecule has 0 amide bonds. The standard InChI is InChI=1S/C19H24ClNO3.ClH/c1-22-11-5-10-21-13-15-8-9-18(19(12-15)23-2)24-14-16-6-3-4-7-17(16)20;/h3-4,6-9,12,21H,5,10-11,13-14H2,1-2H3;1H. The van der Waals surface area contributed by atoms with Crippen molar-refractivity contribution in [1.29, 1.82) is 0 Å². The molecule has 1 N–H and O–H groups in total. The Labute approximate surface area is 160 Å². The fourth-order valence-electron chi connectivity index (χ4n) is 2.29. The minimum Gasteiger partial charge on any atom is -0.493 e. The van der Waals surface area contributed by atoms with Crippen molar-refractivity contribution in [3.63, 3.8) is 0 Å². The summed E-state index contributed by atoms with van der Waals surface area (Å²) in [6, 6.07) is 13.6. The summed E-state index contributed by atoms with van der Waals surface area (Å²) < 4.78 is 16.3. The Morgan fingerprint density at radius 1 is 1.04 bits per heavy atom. The van der Waals surface area contributed by atoms with Gasteiger partial charge in [0.25, 0.3) is 0 Å². The van der Waals surface area contributed by atoms with Crippen molar-refractivity contribution in [1.82, 2.24) is 5.32 Å². The summed E-state index contributed by atoms with van der Waals surface area (Å²) in [4.78, 5) is 0. The zero-order valence-corrected chi connectivity index (χ0v) is 16.2. The topological polar surface area (TPSA) is 39.7 Å². The lowest BCUT2D eigenvalue weighted by molar-refractivity contribution is 0.194. The van der Waals surface area contributed by atoms with Gasteiger partial charge in [0, 0.05) is 30.8 Å². The van der Waals surface area contributed by atoms with E-state index in [4.69, 9.17) is 25.8 Å². The van der Waals surface area contributed by atoms with E-state index < -0.39 is 0 Å². The molecule has 0 heterocycles. The smallest absolute Gasteiger partial charge is 0.161 e. The van der Waals surface area contributed by atoms with E-state index in [1.54, 1.807) is 14.2 Å². The van der Waals surface area contributed by atoms with Crippen molar-refractivity contribution in [2.45, 2.75) is 19.6 Å². The maximum Gasteiger partial charge on any atom is 0.161 e. The van der Waals surface area contributed by atoms with Gasteiger partial charge in [-0.05, 0) is 36.7 Å². The molecule has 0 fully saturated rings. The van der Waals surface area contributed by atoms with Crippen molar-refractivity contribution in [3.8, 4) is 11.5 Å². The van der Waals surface area contributed by atoms with Crippen LogP contribution in [0.2, 0.25) is 5.02 Å². The Morgan fingerprint density at radius 3 is 2.56 bits per heavy atom. The molecule has 0 saturated carbocycles. The molecule has 0 bridgehead atoms. The van der Waals surface area contributed by atoms with Crippen LogP contribution in [0.4, 0.5) is 0 Å². The lowest BCUT2D eigenvalue weighted by atomic mass is 10.2. The Kier molecular flexibility index (Phi) is 10.3. The second kappa shape index (κ2) is 12.0. The monoisotopic (exact) mass is 385 g/mol. The summed E-state index contributed by atoms with van der Waals surface area (Å²) in [5.74, 6) is 1.43. The third-order valence-corrected chi connectivity index (χ3v) is 3.97. The number of ether oxygens (including phenoxy) is 3. The molecule has 0 radical (unpaired) electrons. The third-order valence-electron chi connectivity index (χ3n) is 3.60. The Hall–Kier alpha value is -1.46. The molecule has 0 unspecified atom stereocenters. The average Bonchev–Trinajstić information content (AvgIpc) is 2.61. The molecule has 6 heteroatoms. The van der Waals surface area contributed by atoms with Crippen LogP contribution in [0.25, 0.3) is 0 Å². The van der Waals surface area contributed by atoms with Crippen LogP contribution in [-0.4, -0.2) is 27.4 Å². The van der Waals surface area contributed by atoms with Crippen LogP contribution < -0.4 is 14.8 Å². The highest BCUT2D eigenvalue weighted by molar-refractivity contribution is 6.31. The molecule has 0 aliphatic heterocycles. The summed E-state index contributed by atoms with van der Waals surface area (Å²) in [5.41, 5.74) is 2.10. The first-order valence-corrected chi connectivity index (χ1v) is 8.35. The number of methoxy groups -OCH3 is 2. The van der Waals surface area contributed by atoms with Gasteiger partial charge in [-0.25, -0.2) is 0 Å². The van der Waals surface area contributed by atoms with Gasteiger partial charge in [0.15, 0.2) is 11.5 Å². The maximum absolute atomic E-state index is 6.15. The van der Waals surface area contributed by atoms with Gasteiger partial charge in [0.2, 0.25) is 0 Å². The molecule has 0 aliphatic rings. The van der Waals surface area contributed by atoms with Crippen LogP contribution in [0.1, 0.15) is 17.5 Å². The normalized spacial score (nSPS) is 10.2. The van der Waals surface area contributed by atoms with E-state index in [1.165, 1.54) is 0 Å². The molecule has 0 saturated heterocycles. The van der Waals surface area contributed by atoms with Gasteiger partial charge in [0.05, 0.1) is 7.11 Å². The van der Waals surface area contributed by atoms with Crippen LogP contribution in [-0.2, 0) is 17.9 Å². The Balaban J connectivity index is 0.00000312. The third kappa shape index (κ3) is 7.12. The van der Waals surface area contributed by atoms with Crippen molar-refractivity contribution >= 4 is 24.0 Å². The van der Waals surface area contributed by atoms with Crippen LogP contribution in [0.3, 0.4) is 0 Å². The Morgan fingerprint density at radius 2 is 1.84 bits per heavy atom. The molecular weight excluding hydrogens is 361 g/mol. The fraction of sp³-hybridized carbons (Fsp3) is 0.368. The summed E-state index contributed by atoms with van der Waals surface area (Å²) in [6.07, 6.45) is 0.993. The summed E-state index contributed by atoms with van der Waals surface area (Å²) in [5, 5.41) is 4.08. The number of halogens is 2. The summed E-state index contributed by atoms with van der Waals surface area (Å²) in [6.45, 7) is 2.88. The van der Waals surface area contributed by atoms with E-state index in [9.17, 15) is 0 Å². The van der Waals surface area contributed by atoms with Gasteiger partial charge in [-0.3, -0.25) is 0 Å². The molecule has 4 nitrogen and oxygen atoms in total.